The average Bonchev–Trinajstić information content (AvgIpc) is 3.25. The van der Waals surface area contributed by atoms with Crippen LogP contribution in [0.5, 0.6) is 0 Å². The van der Waals surface area contributed by atoms with Gasteiger partial charge in [0.2, 0.25) is 5.95 Å². The number of hydrogen-bond donors (Lipinski definition) is 4. The van der Waals surface area contributed by atoms with E-state index in [1.54, 1.807) is 17.5 Å². The third kappa shape index (κ3) is 6.72. The number of aromatic nitrogens is 3. The van der Waals surface area contributed by atoms with E-state index in [2.05, 4.69) is 45.4 Å². The Morgan fingerprint density at radius 3 is 2.48 bits per heavy atom. The summed E-state index contributed by atoms with van der Waals surface area (Å²) in [6.07, 6.45) is 7.65. The lowest BCUT2D eigenvalue weighted by molar-refractivity contribution is -0.0216. The molecule has 2 heterocycles. The summed E-state index contributed by atoms with van der Waals surface area (Å²) in [4.78, 5) is 23.0. The fourth-order valence-electron chi connectivity index (χ4n) is 4.12. The molecule has 1 saturated carbocycles. The van der Waals surface area contributed by atoms with Crippen molar-refractivity contribution in [3.05, 3.63) is 52.9 Å². The molecule has 2 aromatic heterocycles. The standard InChI is InChI=1S/C23H28N4OS.CH2O3/c1-15-11-17(13-19(12-15)27-22-24-10-9-16(2)26-22)20-14-25-21(29-20)23(3,28)18-7-5-4-6-8-18;2-1(3)4/h9-14,18,28H,4-8H2,1-3H3,(H,24,26,27);(H2,2,3,4). The molecule has 1 aliphatic rings. The smallest absolute Gasteiger partial charge is 0.450 e. The predicted octanol–water partition coefficient (Wildman–Crippen LogP) is 5.97. The molecule has 33 heavy (non-hydrogen) atoms. The number of benzene rings is 1. The van der Waals surface area contributed by atoms with Crippen molar-refractivity contribution in [2.75, 3.05) is 5.32 Å². The van der Waals surface area contributed by atoms with Crippen molar-refractivity contribution in [3.8, 4) is 10.4 Å². The molecule has 9 heteroatoms. The van der Waals surface area contributed by atoms with E-state index in [0.29, 0.717) is 11.9 Å². The number of anilines is 2. The fraction of sp³-hybridized carbons (Fsp3) is 0.417. The van der Waals surface area contributed by atoms with Crippen LogP contribution < -0.4 is 5.32 Å². The van der Waals surface area contributed by atoms with Crippen molar-refractivity contribution in [1.29, 1.82) is 0 Å². The van der Waals surface area contributed by atoms with Crippen molar-refractivity contribution >= 4 is 29.1 Å². The van der Waals surface area contributed by atoms with Crippen LogP contribution in [-0.4, -0.2) is 36.4 Å². The van der Waals surface area contributed by atoms with Gasteiger partial charge in [-0.25, -0.2) is 19.7 Å². The highest BCUT2D eigenvalue weighted by Gasteiger charge is 2.37. The zero-order chi connectivity index (χ0) is 24.0. The summed E-state index contributed by atoms with van der Waals surface area (Å²) in [6, 6.07) is 8.19. The van der Waals surface area contributed by atoms with Gasteiger partial charge in [0.05, 0.1) is 4.88 Å². The highest BCUT2D eigenvalue weighted by Crippen LogP contribution is 2.42. The van der Waals surface area contributed by atoms with Gasteiger partial charge < -0.3 is 20.6 Å². The highest BCUT2D eigenvalue weighted by atomic mass is 32.1. The first-order valence-corrected chi connectivity index (χ1v) is 11.8. The van der Waals surface area contributed by atoms with E-state index in [-0.39, 0.29) is 0 Å². The molecule has 1 aliphatic carbocycles. The normalized spacial score (nSPS) is 15.8. The predicted molar refractivity (Wildman–Crippen MR) is 129 cm³/mol. The Hall–Kier alpha value is -3.04. The van der Waals surface area contributed by atoms with E-state index in [4.69, 9.17) is 15.0 Å². The Bertz CT molecular complexity index is 1090. The lowest BCUT2D eigenvalue weighted by atomic mass is 9.78. The van der Waals surface area contributed by atoms with Crippen LogP contribution >= 0.6 is 11.3 Å². The van der Waals surface area contributed by atoms with Gasteiger partial charge in [-0.2, -0.15) is 0 Å². The Morgan fingerprint density at radius 2 is 1.82 bits per heavy atom. The molecule has 0 aliphatic heterocycles. The Morgan fingerprint density at radius 1 is 1.12 bits per heavy atom. The maximum Gasteiger partial charge on any atom is 0.503 e. The van der Waals surface area contributed by atoms with Gasteiger partial charge in [0.15, 0.2) is 0 Å². The molecule has 0 amide bonds. The van der Waals surface area contributed by atoms with E-state index in [1.165, 1.54) is 19.3 Å². The van der Waals surface area contributed by atoms with Crippen molar-refractivity contribution in [3.63, 3.8) is 0 Å². The number of nitrogens with zero attached hydrogens (tertiary/aromatic N) is 3. The summed E-state index contributed by atoms with van der Waals surface area (Å²) in [5.74, 6) is 0.884. The quantitative estimate of drug-likeness (QED) is 0.359. The number of thiazole rings is 1. The van der Waals surface area contributed by atoms with Crippen LogP contribution in [0.2, 0.25) is 0 Å². The summed E-state index contributed by atoms with van der Waals surface area (Å²) < 4.78 is 0. The minimum atomic E-state index is -1.83. The molecule has 0 radical (unpaired) electrons. The van der Waals surface area contributed by atoms with E-state index < -0.39 is 11.8 Å². The number of aryl methyl sites for hydroxylation is 2. The maximum atomic E-state index is 11.2. The molecule has 0 spiro atoms. The van der Waals surface area contributed by atoms with E-state index >= 15 is 0 Å². The summed E-state index contributed by atoms with van der Waals surface area (Å²) in [5, 5.41) is 29.3. The van der Waals surface area contributed by atoms with Gasteiger partial charge >= 0.3 is 6.16 Å². The monoisotopic (exact) mass is 470 g/mol. The van der Waals surface area contributed by atoms with Crippen molar-refractivity contribution in [2.45, 2.75) is 58.5 Å². The van der Waals surface area contributed by atoms with Crippen LogP contribution in [-0.2, 0) is 5.60 Å². The van der Waals surface area contributed by atoms with Gasteiger partial charge in [-0.05, 0) is 68.9 Å². The molecule has 3 aromatic rings. The van der Waals surface area contributed by atoms with Gasteiger partial charge in [0.1, 0.15) is 10.6 Å². The largest absolute Gasteiger partial charge is 0.503 e. The second-order valence-electron chi connectivity index (χ2n) is 8.53. The number of nitrogens with one attached hydrogen (secondary N) is 1. The third-order valence-corrected chi connectivity index (χ3v) is 7.02. The van der Waals surface area contributed by atoms with Crippen molar-refractivity contribution in [2.24, 2.45) is 5.92 Å². The van der Waals surface area contributed by atoms with Crippen molar-refractivity contribution in [1.82, 2.24) is 15.0 Å². The molecule has 4 N–H and O–H groups in total. The Labute approximate surface area is 197 Å². The van der Waals surface area contributed by atoms with Crippen LogP contribution in [0.4, 0.5) is 16.4 Å². The number of rotatable bonds is 5. The first-order valence-electron chi connectivity index (χ1n) is 10.9. The first-order chi connectivity index (χ1) is 15.6. The van der Waals surface area contributed by atoms with Gasteiger partial charge in [-0.1, -0.05) is 25.3 Å². The molecule has 1 unspecified atom stereocenters. The van der Waals surface area contributed by atoms with Gasteiger partial charge in [0, 0.05) is 23.8 Å². The Balaban J connectivity index is 0.000000709. The summed E-state index contributed by atoms with van der Waals surface area (Å²) in [6.45, 7) is 5.96. The molecule has 176 valence electrons. The van der Waals surface area contributed by atoms with Crippen LogP contribution in [0.15, 0.2) is 36.7 Å². The van der Waals surface area contributed by atoms with Gasteiger partial charge in [-0.15, -0.1) is 11.3 Å². The molecular formula is C24H30N4O4S. The number of aliphatic hydroxyl groups is 1. The van der Waals surface area contributed by atoms with Crippen molar-refractivity contribution < 1.29 is 20.1 Å². The highest BCUT2D eigenvalue weighted by molar-refractivity contribution is 7.15. The number of carboxylic acid groups (broad SMARTS) is 2. The minimum Gasteiger partial charge on any atom is -0.450 e. The SMILES string of the molecule is Cc1cc(Nc2nccc(C)n2)cc(-c2cnc(C(C)(O)C3CCCCC3)s2)c1.O=C(O)O. The zero-order valence-electron chi connectivity index (χ0n) is 19.1. The van der Waals surface area contributed by atoms with Gasteiger partial charge in [0.25, 0.3) is 0 Å². The lowest BCUT2D eigenvalue weighted by Crippen LogP contribution is -2.33. The second kappa shape index (κ2) is 10.7. The van der Waals surface area contributed by atoms with Crippen LogP contribution in [0.3, 0.4) is 0 Å². The number of carbonyl (C=O) groups is 1. The number of hydrogen-bond acceptors (Lipinski definition) is 7. The molecular weight excluding hydrogens is 440 g/mol. The average molecular weight is 471 g/mol. The molecule has 0 bridgehead atoms. The second-order valence-corrected chi connectivity index (χ2v) is 9.56. The molecule has 8 nitrogen and oxygen atoms in total. The van der Waals surface area contributed by atoms with E-state index in [1.807, 2.05) is 26.1 Å². The molecule has 4 rings (SSSR count). The Kier molecular flexibility index (Phi) is 7.99. The summed E-state index contributed by atoms with van der Waals surface area (Å²) >= 11 is 1.59. The molecule has 1 fully saturated rings. The summed E-state index contributed by atoms with van der Waals surface area (Å²) in [7, 11) is 0. The lowest BCUT2D eigenvalue weighted by Gasteiger charge is -2.33. The van der Waals surface area contributed by atoms with Crippen LogP contribution in [0.25, 0.3) is 10.4 Å². The van der Waals surface area contributed by atoms with Crippen LogP contribution in [0.1, 0.15) is 55.3 Å². The molecule has 1 aromatic carbocycles. The van der Waals surface area contributed by atoms with Gasteiger partial charge in [-0.3, -0.25) is 0 Å². The fourth-order valence-corrected chi connectivity index (χ4v) is 5.14. The maximum absolute atomic E-state index is 11.2. The first kappa shape index (κ1) is 24.6. The van der Waals surface area contributed by atoms with E-state index in [9.17, 15) is 5.11 Å². The topological polar surface area (TPSA) is 128 Å². The molecule has 1 atom stereocenters. The third-order valence-electron chi connectivity index (χ3n) is 5.75. The minimum absolute atomic E-state index is 0.295. The van der Waals surface area contributed by atoms with E-state index in [0.717, 1.165) is 45.2 Å². The molecule has 0 saturated heterocycles. The zero-order valence-corrected chi connectivity index (χ0v) is 19.9. The van der Waals surface area contributed by atoms with Crippen LogP contribution in [0, 0.1) is 19.8 Å². The summed E-state index contributed by atoms with van der Waals surface area (Å²) in [5.41, 5.74) is 3.24.